The van der Waals surface area contributed by atoms with Gasteiger partial charge >= 0.3 is 0 Å². The highest BCUT2D eigenvalue weighted by Crippen LogP contribution is 2.39. The number of para-hydroxylation sites is 1. The molecule has 0 aliphatic rings. The van der Waals surface area contributed by atoms with Gasteiger partial charge in [0.2, 0.25) is 0 Å². The zero-order chi connectivity index (χ0) is 32.0. The quantitative estimate of drug-likeness (QED) is 0.147. The lowest BCUT2D eigenvalue weighted by Gasteiger charge is -2.14. The first-order chi connectivity index (χ1) is 23.7. The lowest BCUT2D eigenvalue weighted by atomic mass is 9.90. The van der Waals surface area contributed by atoms with Gasteiger partial charge in [0.1, 0.15) is 0 Å². The molecule has 0 spiro atoms. The standard InChI is InChI=1S/C45H27N3/c46-28-29-11-13-30(14-12-29)31-15-17-32(18-16-31)37-23-24-38(40-8-3-2-7-39(37)40)33-19-21-34(22-20-33)42-27-36-26-35-6-1-4-10-43(35)48-44(36)45-41(42)9-5-25-47-45/h1-27H. The second-order valence-corrected chi connectivity index (χ2v) is 12.1. The molecule has 0 bridgehead atoms. The predicted molar refractivity (Wildman–Crippen MR) is 199 cm³/mol. The summed E-state index contributed by atoms with van der Waals surface area (Å²) in [5, 5.41) is 14.9. The summed E-state index contributed by atoms with van der Waals surface area (Å²) in [6.45, 7) is 0. The van der Waals surface area contributed by atoms with E-state index in [1.165, 1.54) is 33.0 Å². The fourth-order valence-electron chi connectivity index (χ4n) is 6.93. The number of benzene rings is 7. The first-order valence-corrected chi connectivity index (χ1v) is 16.0. The van der Waals surface area contributed by atoms with Gasteiger partial charge in [-0.2, -0.15) is 5.26 Å². The summed E-state index contributed by atoms with van der Waals surface area (Å²) in [4.78, 5) is 9.79. The van der Waals surface area contributed by atoms with E-state index < -0.39 is 0 Å². The Kier molecular flexibility index (Phi) is 6.52. The summed E-state index contributed by atoms with van der Waals surface area (Å²) in [5.74, 6) is 0. The number of fused-ring (bicyclic) bond motifs is 5. The van der Waals surface area contributed by atoms with E-state index in [-0.39, 0.29) is 0 Å². The molecule has 7 aromatic carbocycles. The normalized spacial score (nSPS) is 11.3. The average molecular weight is 610 g/mol. The Morgan fingerprint density at radius 1 is 0.417 bits per heavy atom. The van der Waals surface area contributed by atoms with Crippen LogP contribution in [0.4, 0.5) is 0 Å². The van der Waals surface area contributed by atoms with Crippen molar-refractivity contribution in [1.82, 2.24) is 9.97 Å². The summed E-state index contributed by atoms with van der Waals surface area (Å²) in [7, 11) is 0. The van der Waals surface area contributed by atoms with Crippen molar-refractivity contribution >= 4 is 43.5 Å². The Balaban J connectivity index is 1.10. The predicted octanol–water partition coefficient (Wildman–Crippen LogP) is 11.6. The molecule has 2 aromatic heterocycles. The number of nitriles is 1. The van der Waals surface area contributed by atoms with Crippen molar-refractivity contribution in [2.45, 2.75) is 0 Å². The maximum absolute atomic E-state index is 9.14. The first-order valence-electron chi connectivity index (χ1n) is 16.0. The van der Waals surface area contributed by atoms with Crippen molar-refractivity contribution in [3.63, 3.8) is 0 Å². The lowest BCUT2D eigenvalue weighted by molar-refractivity contribution is 1.40. The number of hydrogen-bond acceptors (Lipinski definition) is 3. The van der Waals surface area contributed by atoms with Crippen LogP contribution in [0, 0.1) is 11.3 Å². The van der Waals surface area contributed by atoms with Gasteiger partial charge < -0.3 is 0 Å². The molecule has 222 valence electrons. The highest BCUT2D eigenvalue weighted by Gasteiger charge is 2.14. The van der Waals surface area contributed by atoms with Crippen molar-refractivity contribution in [1.29, 1.82) is 5.26 Å². The van der Waals surface area contributed by atoms with Gasteiger partial charge in [-0.05, 0) is 91.7 Å². The fraction of sp³-hybridized carbons (Fsp3) is 0. The third-order valence-corrected chi connectivity index (χ3v) is 9.35. The van der Waals surface area contributed by atoms with Crippen LogP contribution in [0.25, 0.3) is 88.0 Å². The van der Waals surface area contributed by atoms with Crippen LogP contribution in [-0.2, 0) is 0 Å². The van der Waals surface area contributed by atoms with E-state index in [0.29, 0.717) is 5.56 Å². The molecular weight excluding hydrogens is 583 g/mol. The molecule has 0 aliphatic heterocycles. The maximum Gasteiger partial charge on any atom is 0.0991 e. The smallest absolute Gasteiger partial charge is 0.0991 e. The summed E-state index contributed by atoms with van der Waals surface area (Å²) in [5.41, 5.74) is 12.8. The van der Waals surface area contributed by atoms with E-state index in [0.717, 1.165) is 55.0 Å². The molecule has 0 unspecified atom stereocenters. The third kappa shape index (κ3) is 4.67. The van der Waals surface area contributed by atoms with Gasteiger partial charge in [0.05, 0.1) is 28.2 Å². The zero-order valence-electron chi connectivity index (χ0n) is 25.9. The summed E-state index contributed by atoms with van der Waals surface area (Å²) >= 11 is 0. The molecule has 3 heteroatoms. The Morgan fingerprint density at radius 2 is 0.958 bits per heavy atom. The minimum Gasteiger partial charge on any atom is -0.254 e. The van der Waals surface area contributed by atoms with Gasteiger partial charge in [-0.15, -0.1) is 0 Å². The van der Waals surface area contributed by atoms with Crippen LogP contribution in [0.3, 0.4) is 0 Å². The van der Waals surface area contributed by atoms with Crippen LogP contribution in [-0.4, -0.2) is 9.97 Å². The molecule has 48 heavy (non-hydrogen) atoms. The Bertz CT molecular complexity index is 2700. The van der Waals surface area contributed by atoms with Gasteiger partial charge in [-0.25, -0.2) is 4.98 Å². The Morgan fingerprint density at radius 3 is 1.60 bits per heavy atom. The van der Waals surface area contributed by atoms with Crippen LogP contribution in [0.5, 0.6) is 0 Å². The molecule has 0 radical (unpaired) electrons. The molecule has 0 atom stereocenters. The molecule has 0 aliphatic carbocycles. The van der Waals surface area contributed by atoms with Gasteiger partial charge in [0, 0.05) is 22.4 Å². The second-order valence-electron chi connectivity index (χ2n) is 12.1. The second kappa shape index (κ2) is 11.3. The van der Waals surface area contributed by atoms with E-state index in [1.807, 2.05) is 42.6 Å². The topological polar surface area (TPSA) is 49.6 Å². The molecule has 9 rings (SSSR count). The highest BCUT2D eigenvalue weighted by molar-refractivity contribution is 6.12. The van der Waals surface area contributed by atoms with Crippen molar-refractivity contribution < 1.29 is 0 Å². The average Bonchev–Trinajstić information content (AvgIpc) is 3.16. The van der Waals surface area contributed by atoms with E-state index in [2.05, 4.69) is 127 Å². The lowest BCUT2D eigenvalue weighted by Crippen LogP contribution is -1.90. The molecular formula is C45H27N3. The van der Waals surface area contributed by atoms with Crippen LogP contribution < -0.4 is 0 Å². The van der Waals surface area contributed by atoms with Gasteiger partial charge in [-0.1, -0.05) is 121 Å². The fourth-order valence-corrected chi connectivity index (χ4v) is 6.93. The third-order valence-electron chi connectivity index (χ3n) is 9.35. The number of aromatic nitrogens is 2. The number of rotatable bonds is 4. The van der Waals surface area contributed by atoms with Crippen LogP contribution in [0.15, 0.2) is 164 Å². The minimum atomic E-state index is 0.669. The van der Waals surface area contributed by atoms with E-state index >= 15 is 0 Å². The summed E-state index contributed by atoms with van der Waals surface area (Å²) in [6, 6.07) is 57.5. The van der Waals surface area contributed by atoms with Crippen molar-refractivity contribution in [3.8, 4) is 50.6 Å². The Labute approximate surface area is 278 Å². The van der Waals surface area contributed by atoms with Crippen LogP contribution in [0.1, 0.15) is 5.56 Å². The van der Waals surface area contributed by atoms with Crippen molar-refractivity contribution in [3.05, 3.63) is 169 Å². The van der Waals surface area contributed by atoms with E-state index in [1.54, 1.807) is 0 Å². The molecule has 2 heterocycles. The van der Waals surface area contributed by atoms with Crippen molar-refractivity contribution in [2.75, 3.05) is 0 Å². The summed E-state index contributed by atoms with van der Waals surface area (Å²) in [6.07, 6.45) is 1.85. The number of pyridine rings is 2. The van der Waals surface area contributed by atoms with Gasteiger partial charge in [-0.3, -0.25) is 4.98 Å². The van der Waals surface area contributed by atoms with Crippen LogP contribution in [0.2, 0.25) is 0 Å². The minimum absolute atomic E-state index is 0.669. The molecule has 9 aromatic rings. The molecule has 3 nitrogen and oxygen atoms in total. The molecule has 0 saturated carbocycles. The van der Waals surface area contributed by atoms with Crippen molar-refractivity contribution in [2.24, 2.45) is 0 Å². The first kappa shape index (κ1) is 27.7. The molecule has 0 amide bonds. The Hall–Kier alpha value is -6.63. The molecule has 0 fully saturated rings. The number of hydrogen-bond donors (Lipinski definition) is 0. The monoisotopic (exact) mass is 609 g/mol. The zero-order valence-corrected chi connectivity index (χ0v) is 25.9. The SMILES string of the molecule is N#Cc1ccc(-c2ccc(-c3ccc(-c4ccc(-c5cc6cc7ccccc7nc6c6ncccc56)cc4)c4ccccc34)cc2)cc1. The number of nitrogens with zero attached hydrogens (tertiary/aromatic N) is 3. The highest BCUT2D eigenvalue weighted by atomic mass is 14.7. The van der Waals surface area contributed by atoms with Gasteiger partial charge in [0.25, 0.3) is 0 Å². The summed E-state index contributed by atoms with van der Waals surface area (Å²) < 4.78 is 0. The molecule has 0 N–H and O–H groups in total. The van der Waals surface area contributed by atoms with E-state index in [4.69, 9.17) is 15.2 Å². The largest absolute Gasteiger partial charge is 0.254 e. The van der Waals surface area contributed by atoms with Gasteiger partial charge in [0.15, 0.2) is 0 Å². The van der Waals surface area contributed by atoms with E-state index in [9.17, 15) is 0 Å². The van der Waals surface area contributed by atoms with Crippen LogP contribution >= 0.6 is 0 Å². The molecule has 0 saturated heterocycles. The maximum atomic E-state index is 9.14.